The molecule has 1 atom stereocenters. The minimum atomic E-state index is -0.431. The summed E-state index contributed by atoms with van der Waals surface area (Å²) >= 11 is 3.35. The summed E-state index contributed by atoms with van der Waals surface area (Å²) in [6.45, 7) is 3.57. The van der Waals surface area contributed by atoms with Gasteiger partial charge in [-0.05, 0) is 24.1 Å². The van der Waals surface area contributed by atoms with Gasteiger partial charge in [0.15, 0.2) is 0 Å². The average Bonchev–Trinajstić information content (AvgIpc) is 2.19. The molecule has 2 heteroatoms. The monoisotopic (exact) mass is 252 g/mol. The van der Waals surface area contributed by atoms with Crippen molar-refractivity contribution in [2.24, 2.45) is 0 Å². The smallest absolute Gasteiger partial charge is 0.0824 e. The number of aliphatic hydroxyl groups excluding tert-OH is 1. The first-order valence-corrected chi connectivity index (χ1v) is 5.24. The first-order chi connectivity index (χ1) is 6.74. The molecule has 1 rings (SSSR count). The molecule has 0 heterocycles. The van der Waals surface area contributed by atoms with E-state index in [9.17, 15) is 5.11 Å². The van der Waals surface area contributed by atoms with Gasteiger partial charge in [-0.15, -0.1) is 0 Å². The van der Waals surface area contributed by atoms with Crippen molar-refractivity contribution in [3.63, 3.8) is 0 Å². The highest BCUT2D eigenvalue weighted by Crippen LogP contribution is 2.19. The van der Waals surface area contributed by atoms with Gasteiger partial charge in [-0.1, -0.05) is 52.9 Å². The van der Waals surface area contributed by atoms with Crippen molar-refractivity contribution < 1.29 is 5.11 Å². The van der Waals surface area contributed by atoms with Gasteiger partial charge in [-0.25, -0.2) is 0 Å². The van der Waals surface area contributed by atoms with Gasteiger partial charge in [0.05, 0.1) is 6.10 Å². The van der Waals surface area contributed by atoms with Crippen LogP contribution >= 0.6 is 15.9 Å². The molecule has 0 bridgehead atoms. The average molecular weight is 253 g/mol. The van der Waals surface area contributed by atoms with Gasteiger partial charge in [0.1, 0.15) is 0 Å². The highest BCUT2D eigenvalue weighted by molar-refractivity contribution is 9.10. The van der Waals surface area contributed by atoms with E-state index in [0.29, 0.717) is 6.42 Å². The molecule has 0 aromatic heterocycles. The summed E-state index contributed by atoms with van der Waals surface area (Å²) < 4.78 is 1.02. The summed E-state index contributed by atoms with van der Waals surface area (Å²) in [5, 5.41) is 9.74. The molecule has 0 radical (unpaired) electrons. The summed E-state index contributed by atoms with van der Waals surface area (Å²) in [5.74, 6) is 0. The Labute approximate surface area is 92.9 Å². The molecule has 0 aliphatic rings. The summed E-state index contributed by atoms with van der Waals surface area (Å²) in [7, 11) is 0. The fourth-order valence-electron chi connectivity index (χ4n) is 1.12. The molecule has 14 heavy (non-hydrogen) atoms. The Morgan fingerprint density at radius 1 is 1.36 bits per heavy atom. The molecule has 0 saturated carbocycles. The normalized spacial score (nSPS) is 13.0. The lowest BCUT2D eigenvalue weighted by Gasteiger charge is -2.07. The molecule has 0 spiro atoms. The van der Waals surface area contributed by atoms with Crippen LogP contribution in [0.1, 0.15) is 18.1 Å². The third-order valence-corrected chi connectivity index (χ3v) is 2.41. The first-order valence-electron chi connectivity index (χ1n) is 4.45. The number of rotatable bonds is 4. The summed E-state index contributed by atoms with van der Waals surface area (Å²) in [4.78, 5) is 0. The Hall–Kier alpha value is -0.860. The van der Waals surface area contributed by atoms with Gasteiger partial charge in [0, 0.05) is 4.47 Å². The van der Waals surface area contributed by atoms with Gasteiger partial charge in [-0.3, -0.25) is 0 Å². The molecule has 0 amide bonds. The maximum atomic E-state index is 9.74. The van der Waals surface area contributed by atoms with Crippen molar-refractivity contribution >= 4 is 15.9 Å². The fraction of sp³-hybridized carbons (Fsp3) is 0.167. The quantitative estimate of drug-likeness (QED) is 0.812. The molecule has 0 saturated heterocycles. The van der Waals surface area contributed by atoms with E-state index in [2.05, 4.69) is 22.5 Å². The lowest BCUT2D eigenvalue weighted by molar-refractivity contribution is 0.181. The molecule has 1 aromatic rings. The zero-order chi connectivity index (χ0) is 10.4. The van der Waals surface area contributed by atoms with Crippen LogP contribution in [-0.2, 0) is 0 Å². The van der Waals surface area contributed by atoms with Crippen molar-refractivity contribution in [2.45, 2.75) is 12.5 Å². The largest absolute Gasteiger partial charge is 0.388 e. The molecular weight excluding hydrogens is 240 g/mol. The first kappa shape index (κ1) is 11.2. The molecule has 0 aliphatic carbocycles. The molecule has 1 aromatic carbocycles. The van der Waals surface area contributed by atoms with Crippen molar-refractivity contribution in [1.82, 2.24) is 0 Å². The zero-order valence-corrected chi connectivity index (χ0v) is 9.44. The molecule has 1 nitrogen and oxygen atoms in total. The summed E-state index contributed by atoms with van der Waals surface area (Å²) in [6, 6.07) is 7.68. The summed E-state index contributed by atoms with van der Waals surface area (Å²) in [6.07, 6.45) is 5.63. The number of halogens is 1. The van der Waals surface area contributed by atoms with E-state index in [-0.39, 0.29) is 0 Å². The van der Waals surface area contributed by atoms with Crippen molar-refractivity contribution in [1.29, 1.82) is 0 Å². The second kappa shape index (κ2) is 5.78. The van der Waals surface area contributed by atoms with E-state index in [0.717, 1.165) is 10.0 Å². The number of aliphatic hydroxyl groups is 1. The number of benzene rings is 1. The van der Waals surface area contributed by atoms with E-state index in [1.165, 1.54) is 0 Å². The third-order valence-electron chi connectivity index (χ3n) is 1.89. The van der Waals surface area contributed by atoms with E-state index in [1.54, 1.807) is 6.08 Å². The zero-order valence-electron chi connectivity index (χ0n) is 7.86. The number of hydrogen-bond acceptors (Lipinski definition) is 1. The second-order valence-electron chi connectivity index (χ2n) is 2.97. The maximum absolute atomic E-state index is 9.74. The topological polar surface area (TPSA) is 20.2 Å². The van der Waals surface area contributed by atoms with Crippen LogP contribution in [0.4, 0.5) is 0 Å². The number of allylic oxidation sites excluding steroid dienone is 2. The van der Waals surface area contributed by atoms with E-state index in [4.69, 9.17) is 0 Å². The minimum Gasteiger partial charge on any atom is -0.388 e. The van der Waals surface area contributed by atoms with Crippen molar-refractivity contribution in [2.75, 3.05) is 0 Å². The fourth-order valence-corrected chi connectivity index (χ4v) is 1.39. The van der Waals surface area contributed by atoms with Crippen LogP contribution < -0.4 is 0 Å². The van der Waals surface area contributed by atoms with Crippen molar-refractivity contribution in [3.8, 4) is 0 Å². The predicted octanol–water partition coefficient (Wildman–Crippen LogP) is 3.61. The molecular formula is C12H13BrO. The minimum absolute atomic E-state index is 0.431. The van der Waals surface area contributed by atoms with E-state index in [1.807, 2.05) is 36.4 Å². The Morgan fingerprint density at radius 2 is 2.00 bits per heavy atom. The molecule has 0 unspecified atom stereocenters. The third kappa shape index (κ3) is 3.48. The lowest BCUT2D eigenvalue weighted by atomic mass is 10.1. The van der Waals surface area contributed by atoms with Crippen LogP contribution in [0.2, 0.25) is 0 Å². The van der Waals surface area contributed by atoms with Gasteiger partial charge < -0.3 is 5.11 Å². The van der Waals surface area contributed by atoms with Gasteiger partial charge >= 0.3 is 0 Å². The van der Waals surface area contributed by atoms with Gasteiger partial charge in [-0.2, -0.15) is 0 Å². The summed E-state index contributed by atoms with van der Waals surface area (Å²) in [5.41, 5.74) is 0.932. The van der Waals surface area contributed by atoms with Crippen molar-refractivity contribution in [3.05, 3.63) is 59.1 Å². The van der Waals surface area contributed by atoms with Crippen LogP contribution in [0, 0.1) is 0 Å². The highest BCUT2D eigenvalue weighted by Gasteiger charge is 2.03. The van der Waals surface area contributed by atoms with Crippen LogP contribution in [0.25, 0.3) is 0 Å². The van der Waals surface area contributed by atoms with Gasteiger partial charge in [0.2, 0.25) is 0 Å². The standard InChI is InChI=1S/C12H13BrO/c1-2-3-4-5-12(14)10-6-8-11(13)9-7-10/h2-4,6-9,12,14H,1,5H2/b4-3+/t12-/m1/s1. The Bertz CT molecular complexity index is 314. The highest BCUT2D eigenvalue weighted by atomic mass is 79.9. The van der Waals surface area contributed by atoms with Gasteiger partial charge in [0.25, 0.3) is 0 Å². The molecule has 1 N–H and O–H groups in total. The molecule has 0 fully saturated rings. The SMILES string of the molecule is C=C/C=C/C[C@@H](O)c1ccc(Br)cc1. The Kier molecular flexibility index (Phi) is 4.63. The van der Waals surface area contributed by atoms with Crippen LogP contribution in [-0.4, -0.2) is 5.11 Å². The van der Waals surface area contributed by atoms with E-state index < -0.39 is 6.10 Å². The Morgan fingerprint density at radius 3 is 2.57 bits per heavy atom. The molecule has 0 aliphatic heterocycles. The maximum Gasteiger partial charge on any atom is 0.0824 e. The van der Waals surface area contributed by atoms with Crippen LogP contribution in [0.15, 0.2) is 53.5 Å². The van der Waals surface area contributed by atoms with E-state index >= 15 is 0 Å². The van der Waals surface area contributed by atoms with Crippen LogP contribution in [0.3, 0.4) is 0 Å². The van der Waals surface area contributed by atoms with Crippen LogP contribution in [0.5, 0.6) is 0 Å². The molecule has 74 valence electrons. The lowest BCUT2D eigenvalue weighted by Crippen LogP contribution is -1.94. The number of hydrogen-bond donors (Lipinski definition) is 1. The Balaban J connectivity index is 2.60. The second-order valence-corrected chi connectivity index (χ2v) is 3.88. The predicted molar refractivity (Wildman–Crippen MR) is 63.1 cm³/mol.